The van der Waals surface area contributed by atoms with E-state index in [1.54, 1.807) is 6.92 Å². The zero-order chi connectivity index (χ0) is 15.3. The lowest BCUT2D eigenvalue weighted by Crippen LogP contribution is -2.33. The molecule has 0 saturated carbocycles. The van der Waals surface area contributed by atoms with Crippen molar-refractivity contribution in [1.29, 1.82) is 0 Å². The number of carbonyl (C=O) groups is 1. The van der Waals surface area contributed by atoms with Crippen LogP contribution < -0.4 is 5.14 Å². The number of likely N-dealkylation sites (N-methyl/N-ethyl adjacent to an activating group) is 1. The molecule has 0 aliphatic rings. The normalized spacial score (nSPS) is 11.4. The fraction of sp³-hybridized carbons (Fsp3) is 0.417. The predicted molar refractivity (Wildman–Crippen MR) is 71.2 cm³/mol. The molecule has 0 aliphatic heterocycles. The fourth-order valence-corrected chi connectivity index (χ4v) is 2.27. The molecule has 0 aliphatic carbocycles. The second-order valence-corrected chi connectivity index (χ2v) is 5.60. The Balaban J connectivity index is 3.11. The topological polar surface area (TPSA) is 89.7 Å². The fourth-order valence-electron chi connectivity index (χ4n) is 1.64. The number of nitrogens with two attached hydrogens (primary N) is 1. The van der Waals surface area contributed by atoms with Gasteiger partial charge in [0.2, 0.25) is 10.0 Å². The van der Waals surface area contributed by atoms with Crippen molar-refractivity contribution in [3.63, 3.8) is 0 Å². The summed E-state index contributed by atoms with van der Waals surface area (Å²) in [5.74, 6) is -1.39. The molecule has 0 heterocycles. The molecule has 1 aromatic rings. The second-order valence-electron chi connectivity index (χ2n) is 4.07. The van der Waals surface area contributed by atoms with E-state index < -0.39 is 26.6 Å². The second kappa shape index (κ2) is 6.78. The molecule has 2 N–H and O–H groups in total. The first-order valence-electron chi connectivity index (χ1n) is 5.91. The highest BCUT2D eigenvalue weighted by molar-refractivity contribution is 7.89. The van der Waals surface area contributed by atoms with E-state index in [-0.39, 0.29) is 5.56 Å². The Morgan fingerprint density at radius 2 is 2.10 bits per heavy atom. The molecule has 6 nitrogen and oxygen atoms in total. The minimum atomic E-state index is -4.21. The molecule has 1 aromatic carbocycles. The van der Waals surface area contributed by atoms with Crippen molar-refractivity contribution in [2.45, 2.75) is 11.8 Å². The Hall–Kier alpha value is -1.51. The average Bonchev–Trinajstić information content (AvgIpc) is 2.38. The molecule has 8 heteroatoms. The summed E-state index contributed by atoms with van der Waals surface area (Å²) in [5, 5.41) is 4.90. The van der Waals surface area contributed by atoms with Crippen molar-refractivity contribution < 1.29 is 22.3 Å². The minimum absolute atomic E-state index is 0.0633. The number of ether oxygens (including phenoxy) is 1. The Labute approximate surface area is 117 Å². The van der Waals surface area contributed by atoms with E-state index in [9.17, 15) is 17.6 Å². The zero-order valence-electron chi connectivity index (χ0n) is 11.3. The highest BCUT2D eigenvalue weighted by Gasteiger charge is 2.20. The van der Waals surface area contributed by atoms with Crippen LogP contribution in [0, 0.1) is 5.82 Å². The Morgan fingerprint density at radius 3 is 2.60 bits per heavy atom. The first-order valence-corrected chi connectivity index (χ1v) is 7.46. The highest BCUT2D eigenvalue weighted by Crippen LogP contribution is 2.16. The summed E-state index contributed by atoms with van der Waals surface area (Å²) in [7, 11) is -2.70. The molecular formula is C12H17FN2O4S. The summed E-state index contributed by atoms with van der Waals surface area (Å²) in [6.07, 6.45) is 0. The first-order chi connectivity index (χ1) is 9.31. The van der Waals surface area contributed by atoms with Gasteiger partial charge in [0.05, 0.1) is 6.61 Å². The Morgan fingerprint density at radius 1 is 1.45 bits per heavy atom. The SMILES string of the molecule is CCN(CCOC)C(=O)c1ccc(F)c(S(N)(=O)=O)c1. The van der Waals surface area contributed by atoms with Gasteiger partial charge in [-0.3, -0.25) is 4.79 Å². The maximum absolute atomic E-state index is 13.4. The Bertz CT molecular complexity index is 589. The van der Waals surface area contributed by atoms with Gasteiger partial charge in [-0.25, -0.2) is 17.9 Å². The van der Waals surface area contributed by atoms with E-state index in [1.807, 2.05) is 0 Å². The predicted octanol–water partition coefficient (Wildman–Crippen LogP) is 0.582. The standard InChI is InChI=1S/C12H17FN2O4S/c1-3-15(6-7-19-2)12(16)9-4-5-10(13)11(8-9)20(14,17)18/h4-5,8H,3,6-7H2,1-2H3,(H2,14,17,18). The van der Waals surface area contributed by atoms with Gasteiger partial charge in [0.15, 0.2) is 0 Å². The van der Waals surface area contributed by atoms with Crippen molar-refractivity contribution in [2.75, 3.05) is 26.8 Å². The third-order valence-corrected chi connectivity index (χ3v) is 3.64. The van der Waals surface area contributed by atoms with Gasteiger partial charge < -0.3 is 9.64 Å². The third-order valence-electron chi connectivity index (χ3n) is 2.72. The van der Waals surface area contributed by atoms with Crippen LogP contribution in [0.15, 0.2) is 23.1 Å². The summed E-state index contributed by atoms with van der Waals surface area (Å²) in [6.45, 7) is 2.90. The van der Waals surface area contributed by atoms with E-state index >= 15 is 0 Å². The molecule has 0 atom stereocenters. The summed E-state index contributed by atoms with van der Waals surface area (Å²) in [6, 6.07) is 3.08. The van der Waals surface area contributed by atoms with Crippen LogP contribution >= 0.6 is 0 Å². The van der Waals surface area contributed by atoms with Crippen molar-refractivity contribution in [3.8, 4) is 0 Å². The number of hydrogen-bond acceptors (Lipinski definition) is 4. The minimum Gasteiger partial charge on any atom is -0.383 e. The molecule has 20 heavy (non-hydrogen) atoms. The molecule has 112 valence electrons. The number of methoxy groups -OCH3 is 1. The van der Waals surface area contributed by atoms with Crippen LogP contribution in [-0.4, -0.2) is 46.0 Å². The number of benzene rings is 1. The van der Waals surface area contributed by atoms with Crippen LogP contribution in [0.1, 0.15) is 17.3 Å². The molecule has 0 radical (unpaired) electrons. The van der Waals surface area contributed by atoms with Gasteiger partial charge in [0, 0.05) is 25.8 Å². The maximum Gasteiger partial charge on any atom is 0.253 e. The third kappa shape index (κ3) is 3.99. The molecule has 0 aromatic heterocycles. The van der Waals surface area contributed by atoms with Crippen LogP contribution in [0.3, 0.4) is 0 Å². The van der Waals surface area contributed by atoms with E-state index in [2.05, 4.69) is 0 Å². The lowest BCUT2D eigenvalue weighted by molar-refractivity contribution is 0.0706. The van der Waals surface area contributed by atoms with Crippen molar-refractivity contribution >= 4 is 15.9 Å². The highest BCUT2D eigenvalue weighted by atomic mass is 32.2. The summed E-state index contributed by atoms with van der Waals surface area (Å²) in [4.78, 5) is 13.0. The molecule has 0 fully saturated rings. The van der Waals surface area contributed by atoms with Gasteiger partial charge in [-0.2, -0.15) is 0 Å². The number of carbonyl (C=O) groups excluding carboxylic acids is 1. The number of hydrogen-bond donors (Lipinski definition) is 1. The largest absolute Gasteiger partial charge is 0.383 e. The first kappa shape index (κ1) is 16.5. The maximum atomic E-state index is 13.4. The Kier molecular flexibility index (Phi) is 5.61. The molecule has 1 rings (SSSR count). The average molecular weight is 304 g/mol. The van der Waals surface area contributed by atoms with Crippen LogP contribution in [0.2, 0.25) is 0 Å². The number of rotatable bonds is 6. The summed E-state index contributed by atoms with van der Waals surface area (Å²) in [5.41, 5.74) is 0.0633. The van der Waals surface area contributed by atoms with E-state index in [4.69, 9.17) is 9.88 Å². The molecule has 0 bridgehead atoms. The van der Waals surface area contributed by atoms with Crippen molar-refractivity contribution in [3.05, 3.63) is 29.6 Å². The van der Waals surface area contributed by atoms with Crippen molar-refractivity contribution in [2.24, 2.45) is 5.14 Å². The molecule has 0 unspecified atom stereocenters. The van der Waals surface area contributed by atoms with Crippen LogP contribution in [0.5, 0.6) is 0 Å². The van der Waals surface area contributed by atoms with Gasteiger partial charge in [-0.1, -0.05) is 0 Å². The van der Waals surface area contributed by atoms with Gasteiger partial charge in [0.1, 0.15) is 10.7 Å². The van der Waals surface area contributed by atoms with Crippen LogP contribution in [0.25, 0.3) is 0 Å². The quantitative estimate of drug-likeness (QED) is 0.832. The summed E-state index contributed by atoms with van der Waals surface area (Å²) < 4.78 is 40.8. The smallest absolute Gasteiger partial charge is 0.253 e. The van der Waals surface area contributed by atoms with Gasteiger partial charge in [0.25, 0.3) is 5.91 Å². The summed E-state index contributed by atoms with van der Waals surface area (Å²) >= 11 is 0. The molecule has 1 amide bonds. The molecular weight excluding hydrogens is 287 g/mol. The van der Waals surface area contributed by atoms with Crippen LogP contribution in [-0.2, 0) is 14.8 Å². The lowest BCUT2D eigenvalue weighted by Gasteiger charge is -2.20. The zero-order valence-corrected chi connectivity index (χ0v) is 12.1. The number of nitrogens with zero attached hydrogens (tertiary/aromatic N) is 1. The van der Waals surface area contributed by atoms with Crippen LogP contribution in [0.4, 0.5) is 4.39 Å². The number of primary sulfonamides is 1. The number of sulfonamides is 1. The number of halogens is 1. The molecule has 0 spiro atoms. The lowest BCUT2D eigenvalue weighted by atomic mass is 10.2. The van der Waals surface area contributed by atoms with Gasteiger partial charge in [-0.05, 0) is 25.1 Å². The van der Waals surface area contributed by atoms with Crippen molar-refractivity contribution in [1.82, 2.24) is 4.90 Å². The molecule has 0 saturated heterocycles. The van der Waals surface area contributed by atoms with E-state index in [0.29, 0.717) is 19.7 Å². The van der Waals surface area contributed by atoms with Gasteiger partial charge in [-0.15, -0.1) is 0 Å². The number of amides is 1. The van der Waals surface area contributed by atoms with E-state index in [0.717, 1.165) is 12.1 Å². The van der Waals surface area contributed by atoms with Gasteiger partial charge >= 0.3 is 0 Å². The van der Waals surface area contributed by atoms with E-state index in [1.165, 1.54) is 18.1 Å². The monoisotopic (exact) mass is 304 g/mol.